The molecule has 2 N–H and O–H groups in total. The summed E-state index contributed by atoms with van der Waals surface area (Å²) in [6, 6.07) is 10.2. The van der Waals surface area contributed by atoms with Gasteiger partial charge in [-0.1, -0.05) is 0 Å². The van der Waals surface area contributed by atoms with Crippen molar-refractivity contribution in [3.05, 3.63) is 42.1 Å². The molecule has 18 heavy (non-hydrogen) atoms. The summed E-state index contributed by atoms with van der Waals surface area (Å²) in [5, 5.41) is 8.80. The van der Waals surface area contributed by atoms with E-state index < -0.39 is 0 Å². The number of nitrogens with two attached hydrogens (primary N) is 1. The zero-order chi connectivity index (χ0) is 13.0. The maximum atomic E-state index is 8.80. The standard InChI is InChI=1S/C13H11N3O2/c1-17-12-6-9(8-14)2-3-11(12)18-13-7-10(15)4-5-16-13/h2-7H,1H3,(H2,15,16). The highest BCUT2D eigenvalue weighted by Gasteiger charge is 2.07. The molecule has 5 nitrogen and oxygen atoms in total. The molecule has 0 saturated carbocycles. The number of aromatic nitrogens is 1. The second kappa shape index (κ2) is 5.06. The van der Waals surface area contributed by atoms with Crippen molar-refractivity contribution in [1.82, 2.24) is 4.98 Å². The molecule has 2 rings (SSSR count). The first-order chi connectivity index (χ1) is 8.72. The molecule has 0 unspecified atom stereocenters. The van der Waals surface area contributed by atoms with E-state index in [0.717, 1.165) is 0 Å². The van der Waals surface area contributed by atoms with Crippen LogP contribution in [0.2, 0.25) is 0 Å². The summed E-state index contributed by atoms with van der Waals surface area (Å²) in [5.41, 5.74) is 6.70. The van der Waals surface area contributed by atoms with Crippen molar-refractivity contribution in [2.75, 3.05) is 12.8 Å². The molecule has 0 amide bonds. The van der Waals surface area contributed by atoms with Crippen molar-refractivity contribution in [3.8, 4) is 23.4 Å². The number of pyridine rings is 1. The lowest BCUT2D eigenvalue weighted by Crippen LogP contribution is -1.94. The number of rotatable bonds is 3. The van der Waals surface area contributed by atoms with Gasteiger partial charge in [-0.25, -0.2) is 4.98 Å². The van der Waals surface area contributed by atoms with Crippen LogP contribution in [0.3, 0.4) is 0 Å². The van der Waals surface area contributed by atoms with Gasteiger partial charge >= 0.3 is 0 Å². The Morgan fingerprint density at radius 1 is 1.22 bits per heavy atom. The molecule has 1 heterocycles. The third-order valence-electron chi connectivity index (χ3n) is 2.27. The summed E-state index contributed by atoms with van der Waals surface area (Å²) in [5.74, 6) is 1.32. The molecule has 0 fully saturated rings. The Hall–Kier alpha value is -2.74. The minimum atomic E-state index is 0.373. The number of benzene rings is 1. The largest absolute Gasteiger partial charge is 0.493 e. The van der Waals surface area contributed by atoms with E-state index in [-0.39, 0.29) is 0 Å². The highest BCUT2D eigenvalue weighted by atomic mass is 16.5. The molecular weight excluding hydrogens is 230 g/mol. The Labute approximate surface area is 104 Å². The normalized spacial score (nSPS) is 9.56. The molecule has 1 aromatic carbocycles. The third-order valence-corrected chi connectivity index (χ3v) is 2.27. The van der Waals surface area contributed by atoms with Crippen LogP contribution >= 0.6 is 0 Å². The second-order valence-electron chi connectivity index (χ2n) is 3.51. The van der Waals surface area contributed by atoms with Crippen molar-refractivity contribution in [2.45, 2.75) is 0 Å². The zero-order valence-corrected chi connectivity index (χ0v) is 9.75. The number of ether oxygens (including phenoxy) is 2. The lowest BCUT2D eigenvalue weighted by Gasteiger charge is -2.09. The molecule has 0 radical (unpaired) electrons. The molecule has 0 aliphatic rings. The summed E-state index contributed by atoms with van der Waals surface area (Å²) in [6.07, 6.45) is 1.56. The van der Waals surface area contributed by atoms with Crippen LogP contribution in [-0.4, -0.2) is 12.1 Å². The molecule has 0 aliphatic heterocycles. The fourth-order valence-electron chi connectivity index (χ4n) is 1.41. The van der Waals surface area contributed by atoms with Crippen molar-refractivity contribution in [2.24, 2.45) is 0 Å². The zero-order valence-electron chi connectivity index (χ0n) is 9.75. The van der Waals surface area contributed by atoms with Gasteiger partial charge in [-0.05, 0) is 18.2 Å². The predicted molar refractivity (Wildman–Crippen MR) is 66.4 cm³/mol. The van der Waals surface area contributed by atoms with Crippen LogP contribution < -0.4 is 15.2 Å². The summed E-state index contributed by atoms with van der Waals surface area (Å²) in [7, 11) is 1.51. The van der Waals surface area contributed by atoms with E-state index >= 15 is 0 Å². The van der Waals surface area contributed by atoms with Gasteiger partial charge in [-0.3, -0.25) is 0 Å². The number of hydrogen-bond donors (Lipinski definition) is 1. The van der Waals surface area contributed by atoms with Gasteiger partial charge in [0.15, 0.2) is 11.5 Å². The van der Waals surface area contributed by atoms with Crippen LogP contribution in [0.15, 0.2) is 36.5 Å². The predicted octanol–water partition coefficient (Wildman–Crippen LogP) is 2.34. The lowest BCUT2D eigenvalue weighted by atomic mass is 10.2. The highest BCUT2D eigenvalue weighted by molar-refractivity contribution is 5.49. The van der Waals surface area contributed by atoms with Crippen molar-refractivity contribution in [3.63, 3.8) is 0 Å². The summed E-state index contributed by atoms with van der Waals surface area (Å²) in [6.45, 7) is 0. The Morgan fingerprint density at radius 2 is 2.06 bits per heavy atom. The highest BCUT2D eigenvalue weighted by Crippen LogP contribution is 2.31. The number of nitrogen functional groups attached to an aromatic ring is 1. The van der Waals surface area contributed by atoms with Gasteiger partial charge < -0.3 is 15.2 Å². The number of hydrogen-bond acceptors (Lipinski definition) is 5. The van der Waals surface area contributed by atoms with Gasteiger partial charge in [0, 0.05) is 24.0 Å². The number of methoxy groups -OCH3 is 1. The van der Waals surface area contributed by atoms with Crippen LogP contribution in [0, 0.1) is 11.3 Å². The fraction of sp³-hybridized carbons (Fsp3) is 0.0769. The summed E-state index contributed by atoms with van der Waals surface area (Å²) >= 11 is 0. The van der Waals surface area contributed by atoms with Crippen molar-refractivity contribution < 1.29 is 9.47 Å². The Balaban J connectivity index is 2.32. The van der Waals surface area contributed by atoms with Crippen LogP contribution in [0.25, 0.3) is 0 Å². The second-order valence-corrected chi connectivity index (χ2v) is 3.51. The average Bonchev–Trinajstić information content (AvgIpc) is 2.39. The van der Waals surface area contributed by atoms with Crippen molar-refractivity contribution in [1.29, 1.82) is 5.26 Å². The summed E-state index contributed by atoms with van der Waals surface area (Å²) in [4.78, 5) is 4.03. The SMILES string of the molecule is COc1cc(C#N)ccc1Oc1cc(N)ccn1. The van der Waals surface area contributed by atoms with Gasteiger partial charge in [-0.15, -0.1) is 0 Å². The van der Waals surface area contributed by atoms with Gasteiger partial charge in [0.1, 0.15) is 0 Å². The van der Waals surface area contributed by atoms with Gasteiger partial charge in [-0.2, -0.15) is 5.26 Å². The van der Waals surface area contributed by atoms with E-state index in [1.165, 1.54) is 7.11 Å². The van der Waals surface area contributed by atoms with Gasteiger partial charge in [0.05, 0.1) is 18.7 Å². The quantitative estimate of drug-likeness (QED) is 0.891. The molecular formula is C13H11N3O2. The monoisotopic (exact) mass is 241 g/mol. The van der Waals surface area contributed by atoms with Crippen molar-refractivity contribution >= 4 is 5.69 Å². The van der Waals surface area contributed by atoms with E-state index in [0.29, 0.717) is 28.6 Å². The lowest BCUT2D eigenvalue weighted by molar-refractivity contribution is 0.374. The topological polar surface area (TPSA) is 81.2 Å². The van der Waals surface area contributed by atoms with E-state index in [4.69, 9.17) is 20.5 Å². The van der Waals surface area contributed by atoms with Crippen LogP contribution in [0.1, 0.15) is 5.56 Å². The number of anilines is 1. The molecule has 0 saturated heterocycles. The molecule has 1 aromatic heterocycles. The van der Waals surface area contributed by atoms with Crippen LogP contribution in [0.5, 0.6) is 17.4 Å². The fourth-order valence-corrected chi connectivity index (χ4v) is 1.41. The van der Waals surface area contributed by atoms with Gasteiger partial charge in [0.25, 0.3) is 0 Å². The first-order valence-corrected chi connectivity index (χ1v) is 5.20. The molecule has 0 aliphatic carbocycles. The van der Waals surface area contributed by atoms with E-state index in [1.54, 1.807) is 36.5 Å². The first-order valence-electron chi connectivity index (χ1n) is 5.20. The Morgan fingerprint density at radius 3 is 2.72 bits per heavy atom. The first kappa shape index (κ1) is 11.7. The molecule has 0 atom stereocenters. The third kappa shape index (κ3) is 2.50. The Kier molecular flexibility index (Phi) is 3.30. The van der Waals surface area contributed by atoms with E-state index in [9.17, 15) is 0 Å². The molecule has 5 heteroatoms. The van der Waals surface area contributed by atoms with E-state index in [1.807, 2.05) is 6.07 Å². The molecule has 0 spiro atoms. The maximum absolute atomic E-state index is 8.80. The summed E-state index contributed by atoms with van der Waals surface area (Å²) < 4.78 is 10.7. The molecule has 90 valence electrons. The van der Waals surface area contributed by atoms with Gasteiger partial charge in [0.2, 0.25) is 5.88 Å². The average molecular weight is 241 g/mol. The van der Waals surface area contributed by atoms with E-state index in [2.05, 4.69) is 4.98 Å². The van der Waals surface area contributed by atoms with Crippen LogP contribution in [-0.2, 0) is 0 Å². The molecule has 0 bridgehead atoms. The molecule has 2 aromatic rings. The Bertz CT molecular complexity index is 605. The minimum Gasteiger partial charge on any atom is -0.493 e. The smallest absolute Gasteiger partial charge is 0.221 e. The number of nitriles is 1. The minimum absolute atomic E-state index is 0.373. The number of nitrogens with zero attached hydrogens (tertiary/aromatic N) is 2. The maximum Gasteiger partial charge on any atom is 0.221 e. The van der Waals surface area contributed by atoms with Crippen LogP contribution in [0.4, 0.5) is 5.69 Å².